The standard InChI is InChI=1S/C76H144O17P2/c1-7-10-12-14-16-18-20-21-24-28-32-35-39-46-52-58-73(78)86-64-71(92-76(81)61-55-49-41-37-33-29-26-23-22-25-27-31-34-38-44-50-56-68(4)5)66-90-94(82,83)88-62-70(77)63-89-95(84,85)91-67-72(65-87-74(79)59-53-47-43-42-45-51-57-69(6)9-3)93-75(80)60-54-48-40-36-30-19-17-15-13-11-8-2/h18,20-21,24,68-72,77H,7-17,19,22-23,25-67H2,1-6H3,(H,82,83)(H,84,85)/b20-18-,24-21-/t69?,70-,71-,72-/m1/s1. The van der Waals surface area contributed by atoms with E-state index in [-0.39, 0.29) is 25.7 Å². The van der Waals surface area contributed by atoms with Gasteiger partial charge in [-0.15, -0.1) is 0 Å². The molecule has 6 atom stereocenters. The van der Waals surface area contributed by atoms with Crippen LogP contribution in [-0.4, -0.2) is 96.7 Å². The van der Waals surface area contributed by atoms with Gasteiger partial charge < -0.3 is 33.8 Å². The number of carbonyl (C=O) groups excluding carboxylic acids is 4. The lowest BCUT2D eigenvalue weighted by Crippen LogP contribution is -2.30. The summed E-state index contributed by atoms with van der Waals surface area (Å²) in [4.78, 5) is 72.7. The van der Waals surface area contributed by atoms with Gasteiger partial charge in [-0.3, -0.25) is 37.3 Å². The number of carbonyl (C=O) groups is 4. The zero-order chi connectivity index (χ0) is 70.0. The topological polar surface area (TPSA) is 237 Å². The van der Waals surface area contributed by atoms with Crippen LogP contribution >= 0.6 is 15.6 Å². The summed E-state index contributed by atoms with van der Waals surface area (Å²) in [7, 11) is -9.92. The Labute approximate surface area is 580 Å². The van der Waals surface area contributed by atoms with Crippen molar-refractivity contribution in [2.75, 3.05) is 39.6 Å². The van der Waals surface area contributed by atoms with Crippen LogP contribution in [0.4, 0.5) is 0 Å². The highest BCUT2D eigenvalue weighted by Gasteiger charge is 2.30. The minimum absolute atomic E-state index is 0.101. The van der Waals surface area contributed by atoms with Crippen molar-refractivity contribution in [2.45, 2.75) is 387 Å². The molecule has 560 valence electrons. The Bertz CT molecular complexity index is 1930. The summed E-state index contributed by atoms with van der Waals surface area (Å²) in [6.07, 6.45) is 57.7. The summed E-state index contributed by atoms with van der Waals surface area (Å²) in [6.45, 7) is 9.51. The van der Waals surface area contributed by atoms with Gasteiger partial charge in [-0.25, -0.2) is 9.13 Å². The molecule has 0 saturated heterocycles. The van der Waals surface area contributed by atoms with Crippen molar-refractivity contribution in [1.82, 2.24) is 0 Å². The second kappa shape index (κ2) is 67.4. The van der Waals surface area contributed by atoms with Crippen LogP contribution in [0.1, 0.15) is 369 Å². The van der Waals surface area contributed by atoms with Gasteiger partial charge in [0.15, 0.2) is 12.2 Å². The number of esters is 4. The Morgan fingerprint density at radius 3 is 0.947 bits per heavy atom. The van der Waals surface area contributed by atoms with Gasteiger partial charge in [-0.2, -0.15) is 0 Å². The largest absolute Gasteiger partial charge is 0.472 e. The molecule has 95 heavy (non-hydrogen) atoms. The molecule has 3 N–H and O–H groups in total. The second-order valence-corrected chi connectivity index (χ2v) is 30.3. The fourth-order valence-electron chi connectivity index (χ4n) is 11.1. The molecule has 0 heterocycles. The van der Waals surface area contributed by atoms with Gasteiger partial charge in [0.25, 0.3) is 0 Å². The molecule has 0 amide bonds. The maximum Gasteiger partial charge on any atom is 0.472 e. The van der Waals surface area contributed by atoms with E-state index in [1.54, 1.807) is 0 Å². The molecule has 0 fully saturated rings. The first-order chi connectivity index (χ1) is 45.9. The number of rotatable bonds is 73. The Hall–Kier alpha value is -2.46. The van der Waals surface area contributed by atoms with E-state index in [0.29, 0.717) is 25.7 Å². The van der Waals surface area contributed by atoms with Crippen LogP contribution in [0.25, 0.3) is 0 Å². The zero-order valence-electron chi connectivity index (χ0n) is 61.5. The number of phosphoric acid groups is 2. The number of ether oxygens (including phenoxy) is 4. The fraction of sp³-hybridized carbons (Fsp3) is 0.895. The van der Waals surface area contributed by atoms with Gasteiger partial charge in [0.05, 0.1) is 26.4 Å². The molecule has 0 aliphatic carbocycles. The summed E-state index contributed by atoms with van der Waals surface area (Å²) in [6, 6.07) is 0. The van der Waals surface area contributed by atoms with E-state index in [1.807, 2.05) is 0 Å². The third-order valence-corrected chi connectivity index (χ3v) is 19.3. The molecule has 0 aromatic carbocycles. The van der Waals surface area contributed by atoms with Gasteiger partial charge in [0.1, 0.15) is 19.3 Å². The quantitative estimate of drug-likeness (QED) is 0.0169. The van der Waals surface area contributed by atoms with Crippen LogP contribution in [0.2, 0.25) is 0 Å². The van der Waals surface area contributed by atoms with Crippen LogP contribution in [0.5, 0.6) is 0 Å². The van der Waals surface area contributed by atoms with Gasteiger partial charge in [-0.05, 0) is 63.2 Å². The number of aliphatic hydroxyl groups is 1. The van der Waals surface area contributed by atoms with Gasteiger partial charge >= 0.3 is 39.5 Å². The highest BCUT2D eigenvalue weighted by atomic mass is 31.2. The number of hydrogen-bond acceptors (Lipinski definition) is 15. The van der Waals surface area contributed by atoms with Crippen molar-refractivity contribution in [1.29, 1.82) is 0 Å². The Morgan fingerprint density at radius 2 is 0.621 bits per heavy atom. The van der Waals surface area contributed by atoms with Crippen molar-refractivity contribution < 1.29 is 80.2 Å². The molecule has 0 aromatic heterocycles. The maximum atomic E-state index is 13.1. The SMILES string of the molecule is CCCCCC/C=C\C=C/CCCCCCCC(=O)OC[C@H](COP(=O)(O)OC[C@@H](O)COP(=O)(O)OC[C@@H](COC(=O)CCCCCCCCC(C)CC)OC(=O)CCCCCCCCCCCCC)OC(=O)CCCCCCCCCCCCCCCCCCC(C)C. The van der Waals surface area contributed by atoms with Crippen LogP contribution in [0.15, 0.2) is 24.3 Å². The monoisotopic (exact) mass is 1390 g/mol. The third-order valence-electron chi connectivity index (χ3n) is 17.4. The van der Waals surface area contributed by atoms with E-state index < -0.39 is 97.5 Å². The van der Waals surface area contributed by atoms with Crippen molar-refractivity contribution >= 4 is 39.5 Å². The molecule has 0 spiro atoms. The van der Waals surface area contributed by atoms with E-state index in [2.05, 4.69) is 65.8 Å². The highest BCUT2D eigenvalue weighted by Crippen LogP contribution is 2.45. The zero-order valence-corrected chi connectivity index (χ0v) is 63.2. The first-order valence-corrected chi connectivity index (χ1v) is 41.8. The summed E-state index contributed by atoms with van der Waals surface area (Å²) < 4.78 is 68.4. The van der Waals surface area contributed by atoms with Gasteiger partial charge in [0.2, 0.25) is 0 Å². The molecule has 0 aliphatic heterocycles. The van der Waals surface area contributed by atoms with E-state index in [9.17, 15) is 43.2 Å². The molecule has 0 rings (SSSR count). The van der Waals surface area contributed by atoms with E-state index in [4.69, 9.17) is 37.0 Å². The molecule has 0 aromatic rings. The minimum atomic E-state index is -4.96. The van der Waals surface area contributed by atoms with Crippen LogP contribution in [0, 0.1) is 11.8 Å². The number of hydrogen-bond donors (Lipinski definition) is 3. The van der Waals surface area contributed by atoms with Crippen molar-refractivity contribution in [3.63, 3.8) is 0 Å². The van der Waals surface area contributed by atoms with Gasteiger partial charge in [0, 0.05) is 25.7 Å². The predicted octanol–water partition coefficient (Wildman–Crippen LogP) is 21.9. The summed E-state index contributed by atoms with van der Waals surface area (Å²) in [5, 5.41) is 10.6. The Kier molecular flexibility index (Phi) is 65.6. The van der Waals surface area contributed by atoms with Crippen LogP contribution < -0.4 is 0 Å². The van der Waals surface area contributed by atoms with Crippen molar-refractivity contribution in [3.05, 3.63) is 24.3 Å². The lowest BCUT2D eigenvalue weighted by molar-refractivity contribution is -0.161. The van der Waals surface area contributed by atoms with E-state index >= 15 is 0 Å². The Morgan fingerprint density at radius 1 is 0.347 bits per heavy atom. The smallest absolute Gasteiger partial charge is 0.462 e. The molecular weight excluding hydrogens is 1250 g/mol. The average molecular weight is 1390 g/mol. The molecule has 0 radical (unpaired) electrons. The van der Waals surface area contributed by atoms with Gasteiger partial charge in [-0.1, -0.05) is 316 Å². The third kappa shape index (κ3) is 68.5. The fourth-order valence-corrected chi connectivity index (χ4v) is 12.7. The lowest BCUT2D eigenvalue weighted by atomic mass is 10.00. The van der Waals surface area contributed by atoms with E-state index in [0.717, 1.165) is 127 Å². The number of aliphatic hydroxyl groups excluding tert-OH is 1. The number of unbranched alkanes of at least 4 members (excludes halogenated alkanes) is 39. The second-order valence-electron chi connectivity index (χ2n) is 27.4. The molecule has 0 bridgehead atoms. The summed E-state index contributed by atoms with van der Waals surface area (Å²) in [5.41, 5.74) is 0. The Balaban J connectivity index is 5.26. The highest BCUT2D eigenvalue weighted by molar-refractivity contribution is 7.47. The maximum absolute atomic E-state index is 13.1. The summed E-state index contributed by atoms with van der Waals surface area (Å²) in [5.74, 6) is -0.610. The molecule has 0 saturated carbocycles. The minimum Gasteiger partial charge on any atom is -0.462 e. The normalized spacial score (nSPS) is 14.5. The number of allylic oxidation sites excluding steroid dienone is 4. The predicted molar refractivity (Wildman–Crippen MR) is 386 cm³/mol. The number of phosphoric ester groups is 2. The first-order valence-electron chi connectivity index (χ1n) is 38.8. The molecule has 17 nitrogen and oxygen atoms in total. The average Bonchev–Trinajstić information content (AvgIpc) is 1.50. The summed E-state index contributed by atoms with van der Waals surface area (Å²) >= 11 is 0. The van der Waals surface area contributed by atoms with Crippen LogP contribution in [-0.2, 0) is 65.4 Å². The first kappa shape index (κ1) is 92.5. The molecule has 0 aliphatic rings. The lowest BCUT2D eigenvalue weighted by Gasteiger charge is -2.21. The van der Waals surface area contributed by atoms with Crippen molar-refractivity contribution in [2.24, 2.45) is 11.8 Å². The van der Waals surface area contributed by atoms with Crippen LogP contribution in [0.3, 0.4) is 0 Å². The molecule has 19 heteroatoms. The van der Waals surface area contributed by atoms with Crippen molar-refractivity contribution in [3.8, 4) is 0 Å². The molecular formula is C76H144O17P2. The molecule has 3 unspecified atom stereocenters. The van der Waals surface area contributed by atoms with E-state index in [1.165, 1.54) is 161 Å².